The molecule has 1 fully saturated rings. The molecule has 1 aliphatic heterocycles. The lowest BCUT2D eigenvalue weighted by molar-refractivity contribution is -0.140. The zero-order chi connectivity index (χ0) is 26.9. The summed E-state index contributed by atoms with van der Waals surface area (Å²) < 4.78 is 10.2. The van der Waals surface area contributed by atoms with Gasteiger partial charge in [0.15, 0.2) is 0 Å². The van der Waals surface area contributed by atoms with Gasteiger partial charge in [0.05, 0.1) is 37.0 Å². The van der Waals surface area contributed by atoms with Gasteiger partial charge in [-0.1, -0.05) is 30.3 Å². The summed E-state index contributed by atoms with van der Waals surface area (Å²) in [6, 6.07) is 15.3. The van der Waals surface area contributed by atoms with E-state index in [1.54, 1.807) is 42.5 Å². The molecule has 3 aromatic carbocycles. The number of aryl methyl sites for hydroxylation is 2. The van der Waals surface area contributed by atoms with Crippen LogP contribution in [0.4, 0.5) is 0 Å². The Morgan fingerprint density at radius 1 is 1.00 bits per heavy atom. The maximum absolute atomic E-state index is 13.4. The summed E-state index contributed by atoms with van der Waals surface area (Å²) >= 11 is 0. The SMILES string of the molecule is COC(=O)c1ccc(CN2C(=O)C(=O)/C(=C(/O)c3cc(C)cc(C)c3OC)C2c2cccc(O)c2)cc1. The van der Waals surface area contributed by atoms with E-state index in [-0.39, 0.29) is 23.6 Å². The molecule has 0 aromatic heterocycles. The predicted octanol–water partition coefficient (Wildman–Crippen LogP) is 4.43. The Balaban J connectivity index is 1.87. The highest BCUT2D eigenvalue weighted by Gasteiger charge is 2.46. The van der Waals surface area contributed by atoms with Crippen LogP contribution < -0.4 is 4.74 Å². The molecule has 37 heavy (non-hydrogen) atoms. The molecule has 1 atom stereocenters. The number of rotatable bonds is 6. The van der Waals surface area contributed by atoms with Gasteiger partial charge in [-0.25, -0.2) is 4.79 Å². The Hall–Kier alpha value is -4.59. The number of phenolic OH excluding ortho intramolecular Hbond substituents is 1. The lowest BCUT2D eigenvalue weighted by Gasteiger charge is -2.26. The maximum atomic E-state index is 13.4. The number of aromatic hydroxyl groups is 1. The minimum atomic E-state index is -0.974. The molecule has 0 spiro atoms. The van der Waals surface area contributed by atoms with Gasteiger partial charge in [0, 0.05) is 6.54 Å². The fourth-order valence-electron chi connectivity index (χ4n) is 4.69. The number of nitrogens with zero attached hydrogens (tertiary/aromatic N) is 1. The third kappa shape index (κ3) is 4.78. The number of ketones is 1. The molecule has 0 bridgehead atoms. The first kappa shape index (κ1) is 25.5. The molecule has 190 valence electrons. The molecule has 1 heterocycles. The van der Waals surface area contributed by atoms with E-state index < -0.39 is 23.7 Å². The summed E-state index contributed by atoms with van der Waals surface area (Å²) in [6.45, 7) is 3.70. The van der Waals surface area contributed by atoms with Gasteiger partial charge in [0.2, 0.25) is 0 Å². The minimum absolute atomic E-state index is 0.0209. The normalized spacial score (nSPS) is 16.6. The molecule has 1 unspecified atom stereocenters. The first-order valence-corrected chi connectivity index (χ1v) is 11.6. The summed E-state index contributed by atoms with van der Waals surface area (Å²) in [4.78, 5) is 39.8. The minimum Gasteiger partial charge on any atom is -0.508 e. The van der Waals surface area contributed by atoms with Crippen LogP contribution in [0, 0.1) is 13.8 Å². The topological polar surface area (TPSA) is 113 Å². The fraction of sp³-hybridized carbons (Fsp3) is 0.207. The van der Waals surface area contributed by atoms with Gasteiger partial charge in [-0.15, -0.1) is 0 Å². The van der Waals surface area contributed by atoms with E-state index in [0.717, 1.165) is 11.1 Å². The van der Waals surface area contributed by atoms with Crippen LogP contribution in [0.5, 0.6) is 11.5 Å². The van der Waals surface area contributed by atoms with E-state index in [9.17, 15) is 24.6 Å². The fourth-order valence-corrected chi connectivity index (χ4v) is 4.69. The molecular formula is C29H27NO7. The van der Waals surface area contributed by atoms with E-state index in [4.69, 9.17) is 9.47 Å². The molecule has 2 N–H and O–H groups in total. The zero-order valence-electron chi connectivity index (χ0n) is 20.9. The van der Waals surface area contributed by atoms with Gasteiger partial charge in [0.1, 0.15) is 17.3 Å². The first-order valence-electron chi connectivity index (χ1n) is 11.6. The standard InChI is InChI=1S/C29H27NO7/c1-16-12-17(2)27(36-3)22(13-16)25(32)23-24(20-6-5-7-21(31)14-20)30(28(34)26(23)33)15-18-8-10-19(11-9-18)29(35)37-4/h5-14,24,31-32H,15H2,1-4H3/b25-23+. The number of benzene rings is 3. The number of esters is 1. The molecule has 8 nitrogen and oxygen atoms in total. The third-order valence-electron chi connectivity index (χ3n) is 6.33. The number of carbonyl (C=O) groups is 3. The highest BCUT2D eigenvalue weighted by molar-refractivity contribution is 6.46. The van der Waals surface area contributed by atoms with Crippen LogP contribution in [-0.2, 0) is 20.9 Å². The van der Waals surface area contributed by atoms with Crippen LogP contribution in [0.15, 0.2) is 66.2 Å². The Morgan fingerprint density at radius 2 is 1.70 bits per heavy atom. The second-order valence-corrected chi connectivity index (χ2v) is 8.87. The van der Waals surface area contributed by atoms with E-state index in [1.807, 2.05) is 19.9 Å². The Labute approximate surface area is 214 Å². The van der Waals surface area contributed by atoms with Crippen molar-refractivity contribution in [2.24, 2.45) is 0 Å². The molecule has 1 saturated heterocycles. The zero-order valence-corrected chi connectivity index (χ0v) is 20.9. The molecule has 0 aliphatic carbocycles. The number of aliphatic hydroxyl groups excluding tert-OH is 1. The number of ether oxygens (including phenoxy) is 2. The number of Topliss-reactive ketones (excluding diaryl/α,β-unsaturated/α-hetero) is 1. The summed E-state index contributed by atoms with van der Waals surface area (Å²) in [5, 5.41) is 21.6. The smallest absolute Gasteiger partial charge is 0.337 e. The van der Waals surface area contributed by atoms with Crippen molar-refractivity contribution in [3.8, 4) is 11.5 Å². The van der Waals surface area contributed by atoms with Crippen molar-refractivity contribution in [3.63, 3.8) is 0 Å². The number of hydrogen-bond acceptors (Lipinski definition) is 7. The van der Waals surface area contributed by atoms with E-state index in [2.05, 4.69) is 0 Å². The van der Waals surface area contributed by atoms with Crippen LogP contribution >= 0.6 is 0 Å². The van der Waals surface area contributed by atoms with Crippen LogP contribution in [0.1, 0.15) is 44.2 Å². The van der Waals surface area contributed by atoms with Gasteiger partial charge < -0.3 is 24.6 Å². The van der Waals surface area contributed by atoms with Crippen molar-refractivity contribution in [2.45, 2.75) is 26.4 Å². The number of likely N-dealkylation sites (tertiary alicyclic amines) is 1. The number of amides is 1. The van der Waals surface area contributed by atoms with E-state index >= 15 is 0 Å². The van der Waals surface area contributed by atoms with Crippen molar-refractivity contribution in [3.05, 3.63) is 99.6 Å². The molecule has 1 amide bonds. The molecule has 8 heteroatoms. The van der Waals surface area contributed by atoms with Crippen LogP contribution in [0.3, 0.4) is 0 Å². The maximum Gasteiger partial charge on any atom is 0.337 e. The Bertz CT molecular complexity index is 1420. The highest BCUT2D eigenvalue weighted by Crippen LogP contribution is 2.43. The first-order chi connectivity index (χ1) is 17.7. The number of aliphatic hydroxyl groups is 1. The largest absolute Gasteiger partial charge is 0.508 e. The average Bonchev–Trinajstić information content (AvgIpc) is 3.12. The molecule has 3 aromatic rings. The lowest BCUT2D eigenvalue weighted by atomic mass is 9.93. The van der Waals surface area contributed by atoms with Crippen molar-refractivity contribution in [1.82, 2.24) is 4.90 Å². The number of carbonyl (C=O) groups excluding carboxylic acids is 3. The number of hydrogen-bond donors (Lipinski definition) is 2. The van der Waals surface area contributed by atoms with E-state index in [0.29, 0.717) is 28.0 Å². The summed E-state index contributed by atoms with van der Waals surface area (Å²) in [7, 11) is 2.76. The van der Waals surface area contributed by atoms with Gasteiger partial charge in [-0.05, 0) is 66.4 Å². The average molecular weight is 502 g/mol. The molecule has 0 radical (unpaired) electrons. The molecule has 1 aliphatic rings. The lowest BCUT2D eigenvalue weighted by Crippen LogP contribution is -2.29. The summed E-state index contributed by atoms with van der Waals surface area (Å²) in [6.07, 6.45) is 0. The number of methoxy groups -OCH3 is 2. The molecule has 4 rings (SSSR count). The van der Waals surface area contributed by atoms with Gasteiger partial charge in [0.25, 0.3) is 11.7 Å². The van der Waals surface area contributed by atoms with Crippen molar-refractivity contribution >= 4 is 23.4 Å². The Morgan fingerprint density at radius 3 is 2.32 bits per heavy atom. The third-order valence-corrected chi connectivity index (χ3v) is 6.33. The van der Waals surface area contributed by atoms with Crippen molar-refractivity contribution in [2.75, 3.05) is 14.2 Å². The van der Waals surface area contributed by atoms with Crippen molar-refractivity contribution < 1.29 is 34.1 Å². The predicted molar refractivity (Wildman–Crippen MR) is 136 cm³/mol. The van der Waals surface area contributed by atoms with Crippen LogP contribution in [0.2, 0.25) is 0 Å². The number of phenols is 1. The second kappa shape index (κ2) is 10.2. The summed E-state index contributed by atoms with van der Waals surface area (Å²) in [5.41, 5.74) is 3.25. The summed E-state index contributed by atoms with van der Waals surface area (Å²) in [5.74, 6) is -2.15. The van der Waals surface area contributed by atoms with Crippen molar-refractivity contribution in [1.29, 1.82) is 0 Å². The van der Waals surface area contributed by atoms with E-state index in [1.165, 1.54) is 31.3 Å². The van der Waals surface area contributed by atoms with Crippen LogP contribution in [-0.4, -0.2) is 47.0 Å². The quantitative estimate of drug-likeness (QED) is 0.222. The monoisotopic (exact) mass is 501 g/mol. The van der Waals surface area contributed by atoms with Crippen LogP contribution in [0.25, 0.3) is 5.76 Å². The van der Waals surface area contributed by atoms with Gasteiger partial charge in [-0.3, -0.25) is 9.59 Å². The Kier molecular flexibility index (Phi) is 7.02. The molecular weight excluding hydrogens is 474 g/mol. The molecule has 0 saturated carbocycles. The van der Waals surface area contributed by atoms with Gasteiger partial charge in [-0.2, -0.15) is 0 Å². The van der Waals surface area contributed by atoms with Gasteiger partial charge >= 0.3 is 5.97 Å². The second-order valence-electron chi connectivity index (χ2n) is 8.87. The highest BCUT2D eigenvalue weighted by atomic mass is 16.5.